The van der Waals surface area contributed by atoms with Gasteiger partial charge in [0, 0.05) is 5.69 Å². The molecule has 3 atom stereocenters. The number of rotatable bonds is 5. The van der Waals surface area contributed by atoms with Gasteiger partial charge in [-0.1, -0.05) is 24.6 Å². The Bertz CT molecular complexity index is 1050. The molecule has 1 saturated carbocycles. The largest absolute Gasteiger partial charge is 0.452 e. The maximum Gasteiger partial charge on any atom is 0.338 e. The predicted octanol–water partition coefficient (Wildman–Crippen LogP) is 3.72. The number of carbonyl (C=O) groups excluding carboxylic acids is 4. The van der Waals surface area contributed by atoms with Gasteiger partial charge in [-0.05, 0) is 68.5 Å². The summed E-state index contributed by atoms with van der Waals surface area (Å²) in [5.41, 5.74) is 2.39. The molecule has 0 unspecified atom stereocenters. The highest BCUT2D eigenvalue weighted by atomic mass is 16.5. The van der Waals surface area contributed by atoms with E-state index in [1.165, 1.54) is 17.0 Å². The van der Waals surface area contributed by atoms with Crippen molar-refractivity contribution < 1.29 is 23.9 Å². The minimum Gasteiger partial charge on any atom is -0.452 e. The third kappa shape index (κ3) is 4.42. The molecule has 7 nitrogen and oxygen atoms in total. The Morgan fingerprint density at radius 1 is 0.969 bits per heavy atom. The molecule has 0 radical (unpaired) electrons. The summed E-state index contributed by atoms with van der Waals surface area (Å²) in [5.74, 6) is -1.46. The van der Waals surface area contributed by atoms with Crippen LogP contribution < -0.4 is 10.2 Å². The number of nitrogens with one attached hydrogen (secondary N) is 1. The zero-order valence-electron chi connectivity index (χ0n) is 18.2. The molecular formula is C25H26N2O5. The van der Waals surface area contributed by atoms with Crippen LogP contribution in [0, 0.1) is 24.7 Å². The topological polar surface area (TPSA) is 92.8 Å². The highest BCUT2D eigenvalue weighted by molar-refractivity contribution is 6.22. The molecule has 7 heteroatoms. The second-order valence-electron chi connectivity index (χ2n) is 8.68. The van der Waals surface area contributed by atoms with Gasteiger partial charge in [0.15, 0.2) is 6.61 Å². The van der Waals surface area contributed by atoms with E-state index in [4.69, 9.17) is 4.74 Å². The second kappa shape index (κ2) is 8.94. The van der Waals surface area contributed by atoms with E-state index in [0.29, 0.717) is 17.3 Å². The van der Waals surface area contributed by atoms with Crippen LogP contribution in [0.5, 0.6) is 0 Å². The van der Waals surface area contributed by atoms with Crippen LogP contribution in [0.15, 0.2) is 48.5 Å². The van der Waals surface area contributed by atoms with Crippen molar-refractivity contribution in [3.63, 3.8) is 0 Å². The third-order valence-corrected chi connectivity index (χ3v) is 6.22. The fourth-order valence-electron chi connectivity index (χ4n) is 4.44. The Morgan fingerprint density at radius 2 is 1.62 bits per heavy atom. The Hall–Kier alpha value is -3.48. The lowest BCUT2D eigenvalue weighted by Crippen LogP contribution is -2.30. The van der Waals surface area contributed by atoms with Gasteiger partial charge >= 0.3 is 5.97 Å². The molecule has 1 aliphatic carbocycles. The standard InChI is InChI=1S/C25H26N2O5/c1-15-3-8-18(9-4-15)26-22(28)14-32-25(31)17-6-10-19(11-7-17)27-23(29)20-12-5-16(2)13-21(20)24(27)30/h3-4,6-11,16,20-21H,5,12-14H2,1-2H3,(H,26,28)/t16-,20+,21+/m0/s1. The quantitative estimate of drug-likeness (QED) is 0.572. The van der Waals surface area contributed by atoms with Gasteiger partial charge in [0.05, 0.1) is 23.1 Å². The van der Waals surface area contributed by atoms with E-state index in [1.54, 1.807) is 24.3 Å². The number of nitrogens with zero attached hydrogens (tertiary/aromatic N) is 1. The first-order valence-electron chi connectivity index (χ1n) is 10.8. The molecular weight excluding hydrogens is 408 g/mol. The monoisotopic (exact) mass is 434 g/mol. The molecule has 166 valence electrons. The molecule has 2 aromatic rings. The number of fused-ring (bicyclic) bond motifs is 1. The maximum atomic E-state index is 12.8. The summed E-state index contributed by atoms with van der Waals surface area (Å²) in [5, 5.41) is 2.66. The van der Waals surface area contributed by atoms with Gasteiger partial charge < -0.3 is 10.1 Å². The molecule has 0 spiro atoms. The van der Waals surface area contributed by atoms with Crippen molar-refractivity contribution in [2.75, 3.05) is 16.8 Å². The third-order valence-electron chi connectivity index (χ3n) is 6.22. The number of carbonyl (C=O) groups is 4. The molecule has 1 N–H and O–H groups in total. The average molecular weight is 434 g/mol. The van der Waals surface area contributed by atoms with Gasteiger partial charge in [-0.3, -0.25) is 19.3 Å². The summed E-state index contributed by atoms with van der Waals surface area (Å²) in [6, 6.07) is 13.4. The van der Waals surface area contributed by atoms with Crippen LogP contribution in [0.4, 0.5) is 11.4 Å². The number of hydrogen-bond donors (Lipinski definition) is 1. The van der Waals surface area contributed by atoms with E-state index in [9.17, 15) is 19.2 Å². The highest BCUT2D eigenvalue weighted by Gasteiger charge is 2.49. The van der Waals surface area contributed by atoms with Crippen LogP contribution in [0.2, 0.25) is 0 Å². The van der Waals surface area contributed by atoms with E-state index in [1.807, 2.05) is 19.1 Å². The van der Waals surface area contributed by atoms with E-state index in [2.05, 4.69) is 12.2 Å². The lowest BCUT2D eigenvalue weighted by molar-refractivity contribution is -0.122. The number of ether oxygens (including phenoxy) is 1. The van der Waals surface area contributed by atoms with Gasteiger partial charge in [-0.25, -0.2) is 4.79 Å². The van der Waals surface area contributed by atoms with Crippen LogP contribution in [-0.4, -0.2) is 30.3 Å². The van der Waals surface area contributed by atoms with Crippen LogP contribution in [0.3, 0.4) is 0 Å². The Balaban J connectivity index is 1.35. The van der Waals surface area contributed by atoms with E-state index in [-0.39, 0.29) is 29.2 Å². The normalized spacial score (nSPS) is 22.4. The fraction of sp³-hybridized carbons (Fsp3) is 0.360. The molecule has 3 amide bonds. The van der Waals surface area contributed by atoms with Crippen LogP contribution in [0.1, 0.15) is 42.1 Å². The van der Waals surface area contributed by atoms with Crippen molar-refractivity contribution in [3.05, 3.63) is 59.7 Å². The second-order valence-corrected chi connectivity index (χ2v) is 8.68. The Labute approximate surface area is 186 Å². The number of esters is 1. The first kappa shape index (κ1) is 21.7. The van der Waals surface area contributed by atoms with Crippen molar-refractivity contribution >= 4 is 35.1 Å². The summed E-state index contributed by atoms with van der Waals surface area (Å²) < 4.78 is 5.08. The summed E-state index contributed by atoms with van der Waals surface area (Å²) >= 11 is 0. The summed E-state index contributed by atoms with van der Waals surface area (Å²) in [6.07, 6.45) is 2.43. The van der Waals surface area contributed by atoms with Gasteiger partial charge in [0.1, 0.15) is 0 Å². The van der Waals surface area contributed by atoms with Gasteiger partial charge in [-0.15, -0.1) is 0 Å². The number of aryl methyl sites for hydroxylation is 1. The smallest absolute Gasteiger partial charge is 0.338 e. The number of imide groups is 1. The number of benzene rings is 2. The lowest BCUT2D eigenvalue weighted by atomic mass is 9.76. The lowest BCUT2D eigenvalue weighted by Gasteiger charge is -2.25. The van der Waals surface area contributed by atoms with Gasteiger partial charge in [-0.2, -0.15) is 0 Å². The van der Waals surface area contributed by atoms with Gasteiger partial charge in [0.2, 0.25) is 11.8 Å². The molecule has 1 saturated heterocycles. The number of amides is 3. The maximum absolute atomic E-state index is 12.8. The number of hydrogen-bond acceptors (Lipinski definition) is 5. The Morgan fingerprint density at radius 3 is 2.31 bits per heavy atom. The van der Waals surface area contributed by atoms with Crippen molar-refractivity contribution in [1.82, 2.24) is 0 Å². The van der Waals surface area contributed by atoms with Crippen LogP contribution in [-0.2, 0) is 19.1 Å². The summed E-state index contributed by atoms with van der Waals surface area (Å²) in [6.45, 7) is 3.64. The molecule has 1 aliphatic heterocycles. The van der Waals surface area contributed by atoms with Crippen molar-refractivity contribution in [1.29, 1.82) is 0 Å². The van der Waals surface area contributed by atoms with Crippen LogP contribution >= 0.6 is 0 Å². The zero-order chi connectivity index (χ0) is 22.8. The number of anilines is 2. The van der Waals surface area contributed by atoms with Crippen molar-refractivity contribution in [3.8, 4) is 0 Å². The molecule has 2 aliphatic rings. The van der Waals surface area contributed by atoms with E-state index in [0.717, 1.165) is 24.8 Å². The molecule has 0 bridgehead atoms. The zero-order valence-corrected chi connectivity index (χ0v) is 18.2. The molecule has 32 heavy (non-hydrogen) atoms. The van der Waals surface area contributed by atoms with Crippen molar-refractivity contribution in [2.45, 2.75) is 33.1 Å². The molecule has 0 aromatic heterocycles. The Kier molecular flexibility index (Phi) is 6.08. The SMILES string of the molecule is Cc1ccc(NC(=O)COC(=O)c2ccc(N3C(=O)[C@@H]4CC[C@H](C)C[C@H]4C3=O)cc2)cc1. The first-order valence-corrected chi connectivity index (χ1v) is 10.8. The first-order chi connectivity index (χ1) is 15.3. The van der Waals surface area contributed by atoms with Gasteiger partial charge in [0.25, 0.3) is 5.91 Å². The molecule has 2 fully saturated rings. The summed E-state index contributed by atoms with van der Waals surface area (Å²) in [7, 11) is 0. The molecule has 1 heterocycles. The van der Waals surface area contributed by atoms with Crippen molar-refractivity contribution in [2.24, 2.45) is 17.8 Å². The molecule has 2 aromatic carbocycles. The van der Waals surface area contributed by atoms with Crippen LogP contribution in [0.25, 0.3) is 0 Å². The minimum atomic E-state index is -0.655. The predicted molar refractivity (Wildman–Crippen MR) is 119 cm³/mol. The highest BCUT2D eigenvalue weighted by Crippen LogP contribution is 2.42. The minimum absolute atomic E-state index is 0.157. The van der Waals surface area contributed by atoms with E-state index >= 15 is 0 Å². The summed E-state index contributed by atoms with van der Waals surface area (Å²) in [4.78, 5) is 51.2. The fourth-order valence-corrected chi connectivity index (χ4v) is 4.44. The molecule has 4 rings (SSSR count). The average Bonchev–Trinajstić information content (AvgIpc) is 3.03. The van der Waals surface area contributed by atoms with E-state index < -0.39 is 18.5 Å².